The minimum absolute atomic E-state index is 0.0258. The molecule has 8 heteroatoms. The molecule has 182 valence electrons. The third-order valence-corrected chi connectivity index (χ3v) is 6.25. The zero-order valence-corrected chi connectivity index (χ0v) is 19.7. The van der Waals surface area contributed by atoms with Crippen LogP contribution in [0.4, 0.5) is 0 Å². The van der Waals surface area contributed by atoms with Crippen molar-refractivity contribution in [2.24, 2.45) is 0 Å². The summed E-state index contributed by atoms with van der Waals surface area (Å²) in [4.78, 5) is 0. The van der Waals surface area contributed by atoms with Gasteiger partial charge in [-0.1, -0.05) is 13.0 Å². The lowest BCUT2D eigenvalue weighted by molar-refractivity contribution is 0.0170. The van der Waals surface area contributed by atoms with Crippen molar-refractivity contribution in [2.75, 3.05) is 27.9 Å². The van der Waals surface area contributed by atoms with E-state index in [1.54, 1.807) is 27.4 Å². The summed E-state index contributed by atoms with van der Waals surface area (Å²) in [7, 11) is 4.78. The Labute approximate surface area is 195 Å². The second kappa shape index (κ2) is 11.6. The highest BCUT2D eigenvalue weighted by atomic mass is 16.5. The van der Waals surface area contributed by atoms with Crippen LogP contribution in [0.3, 0.4) is 0 Å². The average Bonchev–Trinajstić information content (AvgIpc) is 3.32. The van der Waals surface area contributed by atoms with Crippen LogP contribution in [0.1, 0.15) is 55.1 Å². The Balaban J connectivity index is 1.68. The van der Waals surface area contributed by atoms with E-state index in [-0.39, 0.29) is 30.6 Å². The van der Waals surface area contributed by atoms with Gasteiger partial charge in [0.2, 0.25) is 5.75 Å². The van der Waals surface area contributed by atoms with Crippen molar-refractivity contribution in [3.63, 3.8) is 0 Å². The molecule has 1 aliphatic heterocycles. The summed E-state index contributed by atoms with van der Waals surface area (Å²) >= 11 is 0. The highest BCUT2D eigenvalue weighted by Crippen LogP contribution is 2.46. The van der Waals surface area contributed by atoms with Crippen LogP contribution in [0, 0.1) is 0 Å². The second-order valence-electron chi connectivity index (χ2n) is 8.14. The number of rotatable bonds is 11. The summed E-state index contributed by atoms with van der Waals surface area (Å²) in [6.07, 6.45) is 1.56. The molecule has 4 N–H and O–H groups in total. The van der Waals surface area contributed by atoms with Crippen molar-refractivity contribution in [3.8, 4) is 23.0 Å². The first-order valence-electron chi connectivity index (χ1n) is 11.3. The van der Waals surface area contributed by atoms with Crippen LogP contribution < -0.4 is 19.5 Å². The summed E-state index contributed by atoms with van der Waals surface area (Å²) in [5.74, 6) is 1.82. The Bertz CT molecular complexity index is 920. The van der Waals surface area contributed by atoms with Gasteiger partial charge in [-0.3, -0.25) is 0 Å². The molecule has 0 spiro atoms. The number of aliphatic hydroxyl groups excluding tert-OH is 2. The van der Waals surface area contributed by atoms with Gasteiger partial charge in [0.05, 0.1) is 46.2 Å². The van der Waals surface area contributed by atoms with E-state index in [1.807, 2.05) is 12.1 Å². The molecule has 0 amide bonds. The summed E-state index contributed by atoms with van der Waals surface area (Å²) in [6.45, 7) is 2.14. The molecule has 2 aromatic carbocycles. The van der Waals surface area contributed by atoms with Crippen molar-refractivity contribution in [3.05, 3.63) is 47.0 Å². The Hall–Kier alpha value is -2.52. The minimum atomic E-state index is -0.815. The maximum absolute atomic E-state index is 10.7. The van der Waals surface area contributed by atoms with E-state index in [9.17, 15) is 15.3 Å². The molecule has 1 fully saturated rings. The van der Waals surface area contributed by atoms with E-state index in [0.717, 1.165) is 24.8 Å². The van der Waals surface area contributed by atoms with Crippen LogP contribution >= 0.6 is 0 Å². The predicted octanol–water partition coefficient (Wildman–Crippen LogP) is 3.23. The minimum Gasteiger partial charge on any atom is -0.508 e. The number of nitrogens with one attached hydrogen (secondary N) is 1. The van der Waals surface area contributed by atoms with Crippen molar-refractivity contribution in [1.29, 1.82) is 0 Å². The SMILES string of the molecule is CCC(NCC(O)c1ccc(O)cc1CO)C1CCC(c2ccc(OC)c(OC)c2OC)O1. The number of methoxy groups -OCH3 is 3. The van der Waals surface area contributed by atoms with Crippen LogP contribution in [0.25, 0.3) is 0 Å². The van der Waals surface area contributed by atoms with Crippen LogP contribution in [-0.4, -0.2) is 55.3 Å². The first-order chi connectivity index (χ1) is 16.0. The van der Waals surface area contributed by atoms with Crippen LogP contribution in [0.2, 0.25) is 0 Å². The molecule has 1 heterocycles. The lowest BCUT2D eigenvalue weighted by atomic mass is 10.00. The van der Waals surface area contributed by atoms with Crippen molar-refractivity contribution < 1.29 is 34.3 Å². The van der Waals surface area contributed by atoms with E-state index in [2.05, 4.69) is 12.2 Å². The average molecular weight is 462 g/mol. The summed E-state index contributed by atoms with van der Waals surface area (Å²) < 4.78 is 22.9. The second-order valence-corrected chi connectivity index (χ2v) is 8.14. The summed E-state index contributed by atoms with van der Waals surface area (Å²) in [5.41, 5.74) is 2.03. The quantitative estimate of drug-likeness (QED) is 0.404. The number of benzene rings is 2. The number of aliphatic hydroxyl groups is 2. The maximum Gasteiger partial charge on any atom is 0.203 e. The third kappa shape index (κ3) is 5.52. The first kappa shape index (κ1) is 25.1. The lowest BCUT2D eigenvalue weighted by Crippen LogP contribution is -2.41. The molecule has 2 aromatic rings. The third-order valence-electron chi connectivity index (χ3n) is 6.25. The zero-order chi connectivity index (χ0) is 24.0. The molecule has 1 saturated heterocycles. The van der Waals surface area contributed by atoms with Gasteiger partial charge in [-0.25, -0.2) is 0 Å². The van der Waals surface area contributed by atoms with Gasteiger partial charge in [-0.2, -0.15) is 0 Å². The van der Waals surface area contributed by atoms with Crippen LogP contribution in [-0.2, 0) is 11.3 Å². The largest absolute Gasteiger partial charge is 0.508 e. The van der Waals surface area contributed by atoms with Crippen molar-refractivity contribution in [2.45, 2.75) is 57.1 Å². The smallest absolute Gasteiger partial charge is 0.203 e. The normalized spacial score (nSPS) is 19.8. The fraction of sp³-hybridized carbons (Fsp3) is 0.520. The highest BCUT2D eigenvalue weighted by Gasteiger charge is 2.34. The number of ether oxygens (including phenoxy) is 4. The summed E-state index contributed by atoms with van der Waals surface area (Å²) in [6, 6.07) is 8.47. The molecule has 8 nitrogen and oxygen atoms in total. The molecule has 1 aliphatic rings. The Morgan fingerprint density at radius 3 is 2.45 bits per heavy atom. The topological polar surface area (TPSA) is 110 Å². The van der Waals surface area contributed by atoms with E-state index in [4.69, 9.17) is 18.9 Å². The molecular formula is C25H35NO7. The molecule has 33 heavy (non-hydrogen) atoms. The van der Waals surface area contributed by atoms with Crippen LogP contribution in [0.5, 0.6) is 23.0 Å². The van der Waals surface area contributed by atoms with E-state index in [0.29, 0.717) is 34.9 Å². The maximum atomic E-state index is 10.7. The first-order valence-corrected chi connectivity index (χ1v) is 11.3. The number of phenolic OH excluding ortho intramolecular Hbond substituents is 1. The standard InChI is InChI=1S/C25H35NO7/c1-5-19(26-13-20(29)17-7-6-16(28)12-15(17)14-27)22-11-10-21(33-22)18-8-9-23(30-2)25(32-4)24(18)31-3/h6-9,12,19-22,26-29H,5,10-11,13-14H2,1-4H3. The number of aromatic hydroxyl groups is 1. The fourth-order valence-electron chi connectivity index (χ4n) is 4.53. The predicted molar refractivity (Wildman–Crippen MR) is 124 cm³/mol. The number of hydrogen-bond donors (Lipinski definition) is 4. The van der Waals surface area contributed by atoms with Gasteiger partial charge < -0.3 is 39.6 Å². The highest BCUT2D eigenvalue weighted by molar-refractivity contribution is 5.56. The van der Waals surface area contributed by atoms with Gasteiger partial charge >= 0.3 is 0 Å². The number of phenols is 1. The van der Waals surface area contributed by atoms with Crippen molar-refractivity contribution in [1.82, 2.24) is 5.32 Å². The molecule has 0 saturated carbocycles. The summed E-state index contributed by atoms with van der Waals surface area (Å²) in [5, 5.41) is 33.3. The van der Waals surface area contributed by atoms with Gasteiger partial charge in [-0.15, -0.1) is 0 Å². The number of hydrogen-bond acceptors (Lipinski definition) is 8. The molecule has 3 rings (SSSR count). The molecule has 4 unspecified atom stereocenters. The molecule has 4 atom stereocenters. The lowest BCUT2D eigenvalue weighted by Gasteiger charge is -2.26. The molecule has 0 radical (unpaired) electrons. The van der Waals surface area contributed by atoms with Gasteiger partial charge in [0.25, 0.3) is 0 Å². The Morgan fingerprint density at radius 1 is 1.06 bits per heavy atom. The monoisotopic (exact) mass is 461 g/mol. The van der Waals surface area contributed by atoms with Gasteiger partial charge in [0.15, 0.2) is 11.5 Å². The van der Waals surface area contributed by atoms with Gasteiger partial charge in [0, 0.05) is 18.2 Å². The molecule has 0 aliphatic carbocycles. The Morgan fingerprint density at radius 2 is 1.82 bits per heavy atom. The van der Waals surface area contributed by atoms with Crippen molar-refractivity contribution >= 4 is 0 Å². The fourth-order valence-corrected chi connectivity index (χ4v) is 4.53. The zero-order valence-electron chi connectivity index (χ0n) is 19.7. The van der Waals surface area contributed by atoms with E-state index < -0.39 is 6.10 Å². The van der Waals surface area contributed by atoms with E-state index >= 15 is 0 Å². The Kier molecular flexibility index (Phi) is 8.80. The molecular weight excluding hydrogens is 426 g/mol. The molecule has 0 aromatic heterocycles. The van der Waals surface area contributed by atoms with Gasteiger partial charge in [0.1, 0.15) is 5.75 Å². The van der Waals surface area contributed by atoms with E-state index in [1.165, 1.54) is 12.1 Å². The van der Waals surface area contributed by atoms with Gasteiger partial charge in [-0.05, 0) is 54.7 Å². The molecule has 0 bridgehead atoms. The van der Waals surface area contributed by atoms with Crippen LogP contribution in [0.15, 0.2) is 30.3 Å².